The Balaban J connectivity index is 1.84. The maximum atomic E-state index is 11.4. The first-order valence-electron chi connectivity index (χ1n) is 21.9. The van der Waals surface area contributed by atoms with Gasteiger partial charge in [-0.1, -0.05) is 141 Å². The lowest BCUT2D eigenvalue weighted by atomic mass is 9.88. The van der Waals surface area contributed by atoms with Crippen molar-refractivity contribution in [2.24, 2.45) is 0 Å². The van der Waals surface area contributed by atoms with E-state index in [1.165, 1.54) is 125 Å². The summed E-state index contributed by atoms with van der Waals surface area (Å²) >= 11 is 0. The lowest BCUT2D eigenvalue weighted by Crippen LogP contribution is -2.34. The van der Waals surface area contributed by atoms with Crippen molar-refractivity contribution in [1.82, 2.24) is 0 Å². The zero-order valence-corrected chi connectivity index (χ0v) is 35.5. The van der Waals surface area contributed by atoms with Gasteiger partial charge in [-0.3, -0.25) is 0 Å². The van der Waals surface area contributed by atoms with Gasteiger partial charge in [0.1, 0.15) is 28.5 Å². The molecule has 3 aromatic rings. The van der Waals surface area contributed by atoms with Crippen LogP contribution in [0.3, 0.4) is 0 Å². The molecule has 53 heavy (non-hydrogen) atoms. The van der Waals surface area contributed by atoms with Crippen LogP contribution in [0, 0.1) is 0 Å². The molecular weight excluding hydrogens is 649 g/mol. The third kappa shape index (κ3) is 15.7. The number of rotatable bonds is 28. The standard InChI is InChI=1S/C50H78O3/c1-9-13-17-21-28-40-30-26-36-47(43(40)33-23-19-15-11-3)52-49(5,6)38-42-32-25-35-46(51)45(42)39-50(7,8)53-48-37-27-31-41(29-22-18-14-10-2)44(48)34-24-20-16-12-4/h25-27,30-32,35-37,51H,9-24,28-29,33-34,38-39H2,1-8H3. The van der Waals surface area contributed by atoms with E-state index in [4.69, 9.17) is 9.47 Å². The van der Waals surface area contributed by atoms with Gasteiger partial charge in [0.15, 0.2) is 0 Å². The van der Waals surface area contributed by atoms with Crippen LogP contribution in [0.15, 0.2) is 54.6 Å². The van der Waals surface area contributed by atoms with Gasteiger partial charge in [0, 0.05) is 18.4 Å². The minimum Gasteiger partial charge on any atom is -0.508 e. The Kier molecular flexibility index (Phi) is 19.9. The molecule has 296 valence electrons. The van der Waals surface area contributed by atoms with E-state index in [0.29, 0.717) is 18.6 Å². The average Bonchev–Trinajstić information content (AvgIpc) is 3.11. The summed E-state index contributed by atoms with van der Waals surface area (Å²) in [5.41, 5.74) is 6.78. The minimum absolute atomic E-state index is 0.338. The van der Waals surface area contributed by atoms with Crippen LogP contribution >= 0.6 is 0 Å². The van der Waals surface area contributed by atoms with Gasteiger partial charge in [0.05, 0.1) is 0 Å². The van der Waals surface area contributed by atoms with Gasteiger partial charge >= 0.3 is 0 Å². The monoisotopic (exact) mass is 727 g/mol. The maximum Gasteiger partial charge on any atom is 0.123 e. The van der Waals surface area contributed by atoms with Crippen molar-refractivity contribution >= 4 is 0 Å². The maximum absolute atomic E-state index is 11.4. The van der Waals surface area contributed by atoms with E-state index in [1.807, 2.05) is 12.1 Å². The number of ether oxygens (including phenoxy) is 2. The number of benzene rings is 3. The predicted octanol–water partition coefficient (Wildman–Crippen LogP) is 14.7. The van der Waals surface area contributed by atoms with Crippen LogP contribution in [-0.2, 0) is 38.5 Å². The highest BCUT2D eigenvalue weighted by molar-refractivity contribution is 5.44. The molecule has 0 bridgehead atoms. The van der Waals surface area contributed by atoms with Crippen LogP contribution in [0.25, 0.3) is 0 Å². The fourth-order valence-corrected chi connectivity index (χ4v) is 7.93. The van der Waals surface area contributed by atoms with E-state index in [0.717, 1.165) is 48.3 Å². The van der Waals surface area contributed by atoms with E-state index >= 15 is 0 Å². The van der Waals surface area contributed by atoms with Crippen LogP contribution < -0.4 is 9.47 Å². The van der Waals surface area contributed by atoms with E-state index in [-0.39, 0.29) is 0 Å². The molecule has 3 heteroatoms. The molecule has 3 aromatic carbocycles. The van der Waals surface area contributed by atoms with Crippen molar-refractivity contribution in [3.63, 3.8) is 0 Å². The minimum atomic E-state index is -0.519. The molecule has 0 aliphatic heterocycles. The summed E-state index contributed by atoms with van der Waals surface area (Å²) in [5, 5.41) is 11.4. The van der Waals surface area contributed by atoms with Crippen molar-refractivity contribution in [2.45, 2.75) is 208 Å². The highest BCUT2D eigenvalue weighted by atomic mass is 16.5. The zero-order chi connectivity index (χ0) is 38.5. The average molecular weight is 727 g/mol. The number of aromatic hydroxyl groups is 1. The zero-order valence-electron chi connectivity index (χ0n) is 35.5. The number of aryl methyl sites for hydroxylation is 2. The van der Waals surface area contributed by atoms with Crippen LogP contribution in [0.5, 0.6) is 17.2 Å². The van der Waals surface area contributed by atoms with E-state index in [9.17, 15) is 5.11 Å². The fourth-order valence-electron chi connectivity index (χ4n) is 7.93. The predicted molar refractivity (Wildman–Crippen MR) is 229 cm³/mol. The van der Waals surface area contributed by atoms with Crippen molar-refractivity contribution in [3.8, 4) is 17.2 Å². The molecule has 0 heterocycles. The summed E-state index contributed by atoms with van der Waals surface area (Å²) in [5.74, 6) is 2.39. The molecule has 0 aliphatic rings. The van der Waals surface area contributed by atoms with Crippen molar-refractivity contribution in [3.05, 3.63) is 88.0 Å². The topological polar surface area (TPSA) is 38.7 Å². The van der Waals surface area contributed by atoms with Gasteiger partial charge < -0.3 is 14.6 Å². The number of hydrogen-bond acceptors (Lipinski definition) is 3. The molecule has 0 saturated carbocycles. The summed E-state index contributed by atoms with van der Waals surface area (Å²) in [4.78, 5) is 0. The van der Waals surface area contributed by atoms with Crippen molar-refractivity contribution < 1.29 is 14.6 Å². The summed E-state index contributed by atoms with van der Waals surface area (Å²) in [6.45, 7) is 17.9. The molecular formula is C50H78O3. The highest BCUT2D eigenvalue weighted by Gasteiger charge is 2.29. The molecule has 0 fully saturated rings. The van der Waals surface area contributed by atoms with Crippen LogP contribution in [-0.4, -0.2) is 16.3 Å². The van der Waals surface area contributed by atoms with Crippen LogP contribution in [0.4, 0.5) is 0 Å². The lowest BCUT2D eigenvalue weighted by Gasteiger charge is -2.32. The SMILES string of the molecule is CCCCCCc1cccc(OC(C)(C)Cc2cccc(O)c2CC(C)(C)Oc2cccc(CCCCCC)c2CCCCCC)c1CCCCCC. The van der Waals surface area contributed by atoms with Gasteiger partial charge in [-0.25, -0.2) is 0 Å². The Morgan fingerprint density at radius 1 is 0.415 bits per heavy atom. The first-order valence-corrected chi connectivity index (χ1v) is 21.9. The number of phenolic OH excluding ortho intramolecular Hbond substituents is 1. The van der Waals surface area contributed by atoms with E-state index in [2.05, 4.69) is 97.9 Å². The van der Waals surface area contributed by atoms with Crippen molar-refractivity contribution in [2.75, 3.05) is 0 Å². The number of hydrogen-bond donors (Lipinski definition) is 1. The van der Waals surface area contributed by atoms with E-state index < -0.39 is 11.2 Å². The van der Waals surface area contributed by atoms with Gasteiger partial charge in [-0.2, -0.15) is 0 Å². The second-order valence-electron chi connectivity index (χ2n) is 17.0. The Morgan fingerprint density at radius 2 is 0.792 bits per heavy atom. The molecule has 0 unspecified atom stereocenters. The Morgan fingerprint density at radius 3 is 1.23 bits per heavy atom. The van der Waals surface area contributed by atoms with Crippen LogP contribution in [0.2, 0.25) is 0 Å². The second-order valence-corrected chi connectivity index (χ2v) is 17.0. The highest BCUT2D eigenvalue weighted by Crippen LogP contribution is 2.36. The molecule has 0 atom stereocenters. The van der Waals surface area contributed by atoms with Gasteiger partial charge in [0.25, 0.3) is 0 Å². The molecule has 0 aliphatic carbocycles. The fraction of sp³-hybridized carbons (Fsp3) is 0.640. The molecule has 0 spiro atoms. The molecule has 1 N–H and O–H groups in total. The van der Waals surface area contributed by atoms with Crippen molar-refractivity contribution in [1.29, 1.82) is 0 Å². The number of unbranched alkanes of at least 4 members (excludes halogenated alkanes) is 12. The molecule has 3 nitrogen and oxygen atoms in total. The number of phenols is 1. The lowest BCUT2D eigenvalue weighted by molar-refractivity contribution is 0.101. The van der Waals surface area contributed by atoms with E-state index in [1.54, 1.807) is 0 Å². The second kappa shape index (κ2) is 23.8. The molecule has 0 aromatic heterocycles. The molecule has 0 radical (unpaired) electrons. The first-order chi connectivity index (χ1) is 25.5. The first kappa shape index (κ1) is 44.5. The van der Waals surface area contributed by atoms with Crippen LogP contribution in [0.1, 0.15) is 192 Å². The third-order valence-corrected chi connectivity index (χ3v) is 10.9. The van der Waals surface area contributed by atoms with Gasteiger partial charge in [0.2, 0.25) is 0 Å². The summed E-state index contributed by atoms with van der Waals surface area (Å²) < 4.78 is 14.0. The third-order valence-electron chi connectivity index (χ3n) is 10.9. The summed E-state index contributed by atoms with van der Waals surface area (Å²) in [6.07, 6.45) is 25.8. The Labute approximate surface area is 326 Å². The molecule has 0 saturated heterocycles. The Hall–Kier alpha value is -2.94. The van der Waals surface area contributed by atoms with Gasteiger partial charge in [-0.15, -0.1) is 0 Å². The molecule has 3 rings (SSSR count). The molecule has 0 amide bonds. The smallest absolute Gasteiger partial charge is 0.123 e. The quantitative estimate of drug-likeness (QED) is 0.0757. The summed E-state index contributed by atoms with van der Waals surface area (Å²) in [6, 6.07) is 19.4. The van der Waals surface area contributed by atoms with Gasteiger partial charge in [-0.05, 0) is 125 Å². The Bertz CT molecular complexity index is 1450. The summed E-state index contributed by atoms with van der Waals surface area (Å²) in [7, 11) is 0. The normalized spacial score (nSPS) is 12.0. The largest absolute Gasteiger partial charge is 0.508 e.